The van der Waals surface area contributed by atoms with Crippen molar-refractivity contribution in [3.63, 3.8) is 0 Å². The zero-order valence-corrected chi connectivity index (χ0v) is 22.0. The van der Waals surface area contributed by atoms with E-state index in [2.05, 4.69) is 32.9 Å². The van der Waals surface area contributed by atoms with Crippen molar-refractivity contribution in [2.45, 2.75) is 74.9 Å². The van der Waals surface area contributed by atoms with Crippen molar-refractivity contribution in [2.75, 3.05) is 0 Å². The van der Waals surface area contributed by atoms with Gasteiger partial charge in [0.25, 0.3) is 0 Å². The van der Waals surface area contributed by atoms with Crippen LogP contribution in [0.25, 0.3) is 11.1 Å². The van der Waals surface area contributed by atoms with Gasteiger partial charge in [-0.1, -0.05) is 0 Å². The molecule has 172 valence electrons. The third-order valence-corrected chi connectivity index (χ3v) is 13.8. The number of halogens is 2. The Morgan fingerprint density at radius 1 is 0.750 bits per heavy atom. The van der Waals surface area contributed by atoms with Gasteiger partial charge in [0.15, 0.2) is 0 Å². The van der Waals surface area contributed by atoms with Crippen molar-refractivity contribution >= 4 is 29.3 Å². The molecule has 0 atom stereocenters. The Labute approximate surface area is 201 Å². The van der Waals surface area contributed by atoms with Crippen molar-refractivity contribution in [3.05, 3.63) is 59.7 Å². The van der Waals surface area contributed by atoms with E-state index in [9.17, 15) is 4.79 Å². The van der Waals surface area contributed by atoms with Crippen LogP contribution in [0.3, 0.4) is 0 Å². The zero-order chi connectivity index (χ0) is 22.6. The molecule has 2 aliphatic rings. The van der Waals surface area contributed by atoms with E-state index < -0.39 is 13.0 Å². The molecular formula is C27H35Cl2NOTi. The SMILES string of the molecule is [CH2]=[Ti]([Cl])([Cl])([NH]C(=O)C1CCCCCCCCCCC1)[CH]1c2ccccc2-c2ccccc21. The first-order valence-electron chi connectivity index (χ1n) is 12.3. The number of nitrogens with one attached hydrogen (secondary N) is 1. The fraction of sp³-hybridized carbons (Fsp3) is 0.481. The number of carbonyl (C=O) groups excluding carboxylic acids is 1. The molecule has 0 bridgehead atoms. The molecule has 1 fully saturated rings. The first-order valence-corrected chi connectivity index (χ1v) is 19.4. The van der Waals surface area contributed by atoms with Gasteiger partial charge in [-0.2, -0.15) is 0 Å². The third kappa shape index (κ3) is 5.41. The molecule has 1 amide bonds. The van der Waals surface area contributed by atoms with Gasteiger partial charge in [-0.05, 0) is 0 Å². The average molecular weight is 508 g/mol. The van der Waals surface area contributed by atoms with Crippen LogP contribution in [-0.2, 0) is 17.8 Å². The summed E-state index contributed by atoms with van der Waals surface area (Å²) in [5.74, 6) is -0.00973. The molecule has 32 heavy (non-hydrogen) atoms. The minimum atomic E-state index is -4.73. The molecule has 2 aromatic carbocycles. The number of amides is 1. The van der Waals surface area contributed by atoms with E-state index in [0.717, 1.165) is 47.9 Å². The molecule has 5 heteroatoms. The number of carbonyl (C=O) groups is 1. The number of rotatable bonds is 3. The number of benzene rings is 2. The van der Waals surface area contributed by atoms with Crippen molar-refractivity contribution in [1.82, 2.24) is 3.80 Å². The maximum atomic E-state index is 13.5. The number of hydrogen-bond acceptors (Lipinski definition) is 1. The summed E-state index contributed by atoms with van der Waals surface area (Å²) in [7, 11) is 14.5. The van der Waals surface area contributed by atoms with E-state index >= 15 is 0 Å². The molecular weight excluding hydrogens is 473 g/mol. The van der Waals surface area contributed by atoms with Gasteiger partial charge in [0.05, 0.1) is 0 Å². The summed E-state index contributed by atoms with van der Waals surface area (Å²) in [6.07, 6.45) is 13.0. The topological polar surface area (TPSA) is 29.1 Å². The predicted octanol–water partition coefficient (Wildman–Crippen LogP) is 8.14. The first-order chi connectivity index (χ1) is 15.4. The van der Waals surface area contributed by atoms with Gasteiger partial charge in [-0.25, -0.2) is 0 Å². The minimum absolute atomic E-state index is 0.0147. The van der Waals surface area contributed by atoms with Gasteiger partial charge in [0.1, 0.15) is 0 Å². The van der Waals surface area contributed by atoms with E-state index in [4.69, 9.17) is 18.6 Å². The van der Waals surface area contributed by atoms with Crippen LogP contribution >= 0.6 is 18.6 Å². The molecule has 2 nitrogen and oxygen atoms in total. The van der Waals surface area contributed by atoms with E-state index in [1.54, 1.807) is 0 Å². The van der Waals surface area contributed by atoms with Crippen LogP contribution < -0.4 is 3.80 Å². The molecule has 1 saturated carbocycles. The standard InChI is InChI=1S/C13H25NO.C13H9.CH2.2ClH.Ti/c14-13(15)12-10-8-6-4-2-1-3-5-7-9-11-12;1-3-7-12-10(5-1)9-11-6-2-4-8-13(11)12;;;;/h12H,1-11H2,(H2,14,15);1-9H;1H2;2*1H;/q;;;;;+3/p-3. The Morgan fingerprint density at radius 2 is 1.16 bits per heavy atom. The summed E-state index contributed by atoms with van der Waals surface area (Å²) in [6, 6.07) is 16.5. The van der Waals surface area contributed by atoms with Gasteiger partial charge >= 0.3 is 202 Å². The molecule has 0 heterocycles. The van der Waals surface area contributed by atoms with Crippen LogP contribution in [0.4, 0.5) is 0 Å². The number of fused-ring (bicyclic) bond motifs is 3. The van der Waals surface area contributed by atoms with Crippen LogP contribution in [-0.4, -0.2) is 10.7 Å². The Kier molecular flexibility index (Phi) is 7.67. The van der Waals surface area contributed by atoms with Gasteiger partial charge < -0.3 is 0 Å². The van der Waals surface area contributed by atoms with Crippen molar-refractivity contribution < 1.29 is 17.8 Å². The second-order valence-electron chi connectivity index (χ2n) is 9.82. The van der Waals surface area contributed by atoms with Crippen LogP contribution in [0, 0.1) is 5.92 Å². The van der Waals surface area contributed by atoms with Crippen molar-refractivity contribution in [2.24, 2.45) is 5.92 Å². The molecule has 0 saturated heterocycles. The van der Waals surface area contributed by atoms with E-state index in [-0.39, 0.29) is 16.0 Å². The summed E-state index contributed by atoms with van der Waals surface area (Å²) in [4.78, 5) is 18.0. The van der Waals surface area contributed by atoms with Crippen LogP contribution in [0.15, 0.2) is 48.5 Å². The molecule has 1 N–H and O–H groups in total. The van der Waals surface area contributed by atoms with E-state index in [1.165, 1.54) is 44.9 Å². The van der Waals surface area contributed by atoms with Crippen LogP contribution in [0.1, 0.15) is 86.0 Å². The normalized spacial score (nSPS) is 19.3. The van der Waals surface area contributed by atoms with Crippen molar-refractivity contribution in [1.29, 1.82) is 0 Å². The summed E-state index contributed by atoms with van der Waals surface area (Å²) >= 11 is -4.73. The van der Waals surface area contributed by atoms with E-state index in [1.807, 2.05) is 24.3 Å². The summed E-state index contributed by atoms with van der Waals surface area (Å²) < 4.78 is 2.96. The molecule has 2 aromatic rings. The van der Waals surface area contributed by atoms with E-state index in [0.29, 0.717) is 0 Å². The van der Waals surface area contributed by atoms with Crippen LogP contribution in [0.2, 0.25) is 0 Å². The molecule has 0 aromatic heterocycles. The number of hydrogen-bond donors (Lipinski definition) is 1. The predicted molar refractivity (Wildman–Crippen MR) is 135 cm³/mol. The molecule has 0 aliphatic heterocycles. The fourth-order valence-corrected chi connectivity index (χ4v) is 12.3. The monoisotopic (exact) mass is 507 g/mol. The first kappa shape index (κ1) is 24.2. The Morgan fingerprint density at radius 3 is 1.62 bits per heavy atom. The fourth-order valence-electron chi connectivity index (χ4n) is 5.62. The molecule has 0 unspecified atom stereocenters. The van der Waals surface area contributed by atoms with Gasteiger partial charge in [-0.3, -0.25) is 0 Å². The van der Waals surface area contributed by atoms with Gasteiger partial charge in [-0.15, -0.1) is 0 Å². The Hall–Kier alpha value is -0.926. The quantitative estimate of drug-likeness (QED) is 0.417. The summed E-state index contributed by atoms with van der Waals surface area (Å²) in [6.45, 7) is 0. The molecule has 0 radical (unpaired) electrons. The van der Waals surface area contributed by atoms with Crippen molar-refractivity contribution in [3.8, 4) is 11.1 Å². The Balaban J connectivity index is 1.58. The second kappa shape index (κ2) is 10.1. The Bertz CT molecular complexity index is 970. The third-order valence-electron chi connectivity index (χ3n) is 7.25. The summed E-state index contributed by atoms with van der Waals surface area (Å²) in [5, 5.41) is 0. The molecule has 0 spiro atoms. The second-order valence-corrected chi connectivity index (χ2v) is 23.0. The molecule has 2 aliphatic carbocycles. The maximum absolute atomic E-state index is 13.5. The van der Waals surface area contributed by atoms with Crippen LogP contribution in [0.5, 0.6) is 0 Å². The zero-order valence-electron chi connectivity index (χ0n) is 18.9. The average Bonchev–Trinajstić information content (AvgIpc) is 3.09. The molecule has 4 rings (SSSR count). The summed E-state index contributed by atoms with van der Waals surface area (Å²) in [5.41, 5.74) is 4.47. The van der Waals surface area contributed by atoms with Gasteiger partial charge in [0, 0.05) is 0 Å². The van der Waals surface area contributed by atoms with Gasteiger partial charge in [0.2, 0.25) is 0 Å².